The van der Waals surface area contributed by atoms with Crippen LogP contribution < -0.4 is 5.32 Å². The van der Waals surface area contributed by atoms with Crippen LogP contribution in [0.3, 0.4) is 0 Å². The van der Waals surface area contributed by atoms with Crippen LogP contribution >= 0.6 is 0 Å². The van der Waals surface area contributed by atoms with Crippen molar-refractivity contribution in [3.8, 4) is 0 Å². The Bertz CT molecular complexity index is 983. The molecule has 1 aromatic carbocycles. The van der Waals surface area contributed by atoms with E-state index in [9.17, 15) is 14.7 Å². The van der Waals surface area contributed by atoms with Gasteiger partial charge in [-0.25, -0.2) is 0 Å². The number of carbonyl (C=O) groups is 2. The third-order valence-electron chi connectivity index (χ3n) is 5.00. The molecule has 0 aliphatic rings. The number of aliphatic hydroxyl groups excluding tert-OH is 1. The van der Waals surface area contributed by atoms with E-state index in [-0.39, 0.29) is 36.8 Å². The summed E-state index contributed by atoms with van der Waals surface area (Å²) in [6.45, 7) is 3.83. The lowest BCUT2D eigenvalue weighted by atomic mass is 10.0. The minimum atomic E-state index is -0.389. The molecular weight excluding hydrogens is 382 g/mol. The van der Waals surface area contributed by atoms with Gasteiger partial charge in [-0.15, -0.1) is 0 Å². The molecule has 156 valence electrons. The molecule has 1 atom stereocenters. The standard InChI is InChI=1S/C23H25N3O4/c1-3-18(15-27)26(14-17-8-4-5-12-24-17)23(29)19-9-6-10-20(16(19)2)25-22(28)21-11-7-13-30-21/h4-13,18,27H,3,14-15H2,1-2H3,(H,25,28)/t18-/m0/s1. The van der Waals surface area contributed by atoms with Crippen molar-refractivity contribution in [1.82, 2.24) is 9.88 Å². The number of amides is 2. The molecule has 2 amide bonds. The molecule has 2 aromatic heterocycles. The van der Waals surface area contributed by atoms with Gasteiger partial charge < -0.3 is 19.7 Å². The molecule has 3 aromatic rings. The molecule has 3 rings (SSSR count). The zero-order chi connectivity index (χ0) is 21.5. The van der Waals surface area contributed by atoms with Gasteiger partial charge in [0.1, 0.15) is 0 Å². The van der Waals surface area contributed by atoms with Crippen LogP contribution in [0.25, 0.3) is 0 Å². The lowest BCUT2D eigenvalue weighted by molar-refractivity contribution is 0.0559. The summed E-state index contributed by atoms with van der Waals surface area (Å²) < 4.78 is 5.13. The first-order valence-electron chi connectivity index (χ1n) is 9.81. The fourth-order valence-corrected chi connectivity index (χ4v) is 3.23. The normalized spacial score (nSPS) is 11.7. The Kier molecular flexibility index (Phi) is 6.98. The van der Waals surface area contributed by atoms with Crippen LogP contribution in [0.2, 0.25) is 0 Å². The van der Waals surface area contributed by atoms with Crippen molar-refractivity contribution in [3.05, 3.63) is 83.6 Å². The van der Waals surface area contributed by atoms with Gasteiger partial charge in [-0.3, -0.25) is 14.6 Å². The Morgan fingerprint density at radius 3 is 2.63 bits per heavy atom. The Morgan fingerprint density at radius 2 is 2.00 bits per heavy atom. The van der Waals surface area contributed by atoms with Crippen molar-refractivity contribution in [2.45, 2.75) is 32.9 Å². The second-order valence-corrected chi connectivity index (χ2v) is 6.91. The number of nitrogens with zero attached hydrogens (tertiary/aromatic N) is 2. The molecule has 0 bridgehead atoms. The zero-order valence-electron chi connectivity index (χ0n) is 17.0. The van der Waals surface area contributed by atoms with Crippen LogP contribution in [0, 0.1) is 6.92 Å². The van der Waals surface area contributed by atoms with Crippen LogP contribution in [0.5, 0.6) is 0 Å². The summed E-state index contributed by atoms with van der Waals surface area (Å²) in [5.74, 6) is -0.429. The highest BCUT2D eigenvalue weighted by molar-refractivity contribution is 6.04. The third-order valence-corrected chi connectivity index (χ3v) is 5.00. The quantitative estimate of drug-likeness (QED) is 0.594. The van der Waals surface area contributed by atoms with E-state index in [1.54, 1.807) is 48.4 Å². The number of nitrogens with one attached hydrogen (secondary N) is 1. The predicted molar refractivity (Wildman–Crippen MR) is 113 cm³/mol. The molecule has 0 aliphatic carbocycles. The summed E-state index contributed by atoms with van der Waals surface area (Å²) in [7, 11) is 0. The SMILES string of the molecule is CC[C@@H](CO)N(Cc1ccccn1)C(=O)c1cccc(NC(=O)c2ccco2)c1C. The number of aromatic nitrogens is 1. The molecule has 0 spiro atoms. The van der Waals surface area contributed by atoms with Gasteiger partial charge in [-0.05, 0) is 55.3 Å². The van der Waals surface area contributed by atoms with Crippen molar-refractivity contribution in [1.29, 1.82) is 0 Å². The fraction of sp³-hybridized carbons (Fsp3) is 0.261. The van der Waals surface area contributed by atoms with Gasteiger partial charge in [0.15, 0.2) is 5.76 Å². The number of pyridine rings is 1. The first-order chi connectivity index (χ1) is 14.5. The van der Waals surface area contributed by atoms with Crippen LogP contribution in [0.1, 0.15) is 45.5 Å². The van der Waals surface area contributed by atoms with Crippen molar-refractivity contribution in [3.63, 3.8) is 0 Å². The average Bonchev–Trinajstić information content (AvgIpc) is 3.31. The molecule has 7 heteroatoms. The molecule has 0 unspecified atom stereocenters. The van der Waals surface area contributed by atoms with Gasteiger partial charge in [-0.1, -0.05) is 19.1 Å². The van der Waals surface area contributed by atoms with E-state index in [0.717, 1.165) is 5.69 Å². The van der Waals surface area contributed by atoms with Gasteiger partial charge >= 0.3 is 0 Å². The highest BCUT2D eigenvalue weighted by atomic mass is 16.3. The molecule has 0 saturated carbocycles. The van der Waals surface area contributed by atoms with Crippen molar-refractivity contribution < 1.29 is 19.1 Å². The molecule has 0 saturated heterocycles. The van der Waals surface area contributed by atoms with Gasteiger partial charge in [0.2, 0.25) is 0 Å². The van der Waals surface area contributed by atoms with Gasteiger partial charge in [0.05, 0.1) is 31.2 Å². The molecule has 0 radical (unpaired) electrons. The zero-order valence-corrected chi connectivity index (χ0v) is 17.0. The number of aliphatic hydroxyl groups is 1. The number of benzene rings is 1. The van der Waals surface area contributed by atoms with Gasteiger partial charge in [-0.2, -0.15) is 0 Å². The van der Waals surface area contributed by atoms with E-state index >= 15 is 0 Å². The highest BCUT2D eigenvalue weighted by Gasteiger charge is 2.26. The van der Waals surface area contributed by atoms with Crippen LogP contribution in [-0.2, 0) is 6.54 Å². The lowest BCUT2D eigenvalue weighted by Gasteiger charge is -2.30. The lowest BCUT2D eigenvalue weighted by Crippen LogP contribution is -2.42. The topological polar surface area (TPSA) is 95.7 Å². The molecule has 30 heavy (non-hydrogen) atoms. The Labute approximate surface area is 175 Å². The van der Waals surface area contributed by atoms with E-state index in [0.29, 0.717) is 23.2 Å². The first-order valence-corrected chi connectivity index (χ1v) is 9.81. The Balaban J connectivity index is 1.89. The van der Waals surface area contributed by atoms with Crippen molar-refractivity contribution >= 4 is 17.5 Å². The molecule has 2 N–H and O–H groups in total. The molecule has 7 nitrogen and oxygen atoms in total. The van der Waals surface area contributed by atoms with E-state index < -0.39 is 0 Å². The number of carbonyl (C=O) groups excluding carboxylic acids is 2. The molecular formula is C23H25N3O4. The van der Waals surface area contributed by atoms with Gasteiger partial charge in [0, 0.05) is 17.4 Å². The van der Waals surface area contributed by atoms with E-state index in [1.807, 2.05) is 25.1 Å². The minimum Gasteiger partial charge on any atom is -0.459 e. The number of hydrogen-bond donors (Lipinski definition) is 2. The summed E-state index contributed by atoms with van der Waals surface area (Å²) in [4.78, 5) is 31.7. The van der Waals surface area contributed by atoms with E-state index in [1.165, 1.54) is 6.26 Å². The Morgan fingerprint density at radius 1 is 1.17 bits per heavy atom. The minimum absolute atomic E-state index is 0.150. The summed E-state index contributed by atoms with van der Waals surface area (Å²) in [5.41, 5.74) is 2.35. The number of anilines is 1. The second-order valence-electron chi connectivity index (χ2n) is 6.91. The highest BCUT2D eigenvalue weighted by Crippen LogP contribution is 2.23. The fourth-order valence-electron chi connectivity index (χ4n) is 3.23. The smallest absolute Gasteiger partial charge is 0.291 e. The molecule has 0 fully saturated rings. The summed E-state index contributed by atoms with van der Waals surface area (Å²) in [6.07, 6.45) is 3.70. The van der Waals surface area contributed by atoms with E-state index in [4.69, 9.17) is 4.42 Å². The van der Waals surface area contributed by atoms with Crippen LogP contribution in [0.4, 0.5) is 5.69 Å². The second kappa shape index (κ2) is 9.84. The number of hydrogen-bond acceptors (Lipinski definition) is 5. The third kappa shape index (κ3) is 4.75. The number of furan rings is 1. The van der Waals surface area contributed by atoms with Crippen molar-refractivity contribution in [2.24, 2.45) is 0 Å². The Hall–Kier alpha value is -3.45. The summed E-state index contributed by atoms with van der Waals surface area (Å²) in [5, 5.41) is 12.6. The van der Waals surface area contributed by atoms with Gasteiger partial charge in [0.25, 0.3) is 11.8 Å². The monoisotopic (exact) mass is 407 g/mol. The van der Waals surface area contributed by atoms with Crippen LogP contribution in [0.15, 0.2) is 65.4 Å². The maximum atomic E-state index is 13.5. The van der Waals surface area contributed by atoms with Crippen LogP contribution in [-0.4, -0.2) is 39.5 Å². The first kappa shape index (κ1) is 21.3. The summed E-state index contributed by atoms with van der Waals surface area (Å²) >= 11 is 0. The maximum Gasteiger partial charge on any atom is 0.291 e. The van der Waals surface area contributed by atoms with E-state index in [2.05, 4.69) is 10.3 Å². The number of rotatable bonds is 8. The summed E-state index contributed by atoms with van der Waals surface area (Å²) in [6, 6.07) is 13.6. The molecule has 0 aliphatic heterocycles. The maximum absolute atomic E-state index is 13.5. The largest absolute Gasteiger partial charge is 0.459 e. The molecule has 2 heterocycles. The van der Waals surface area contributed by atoms with Crippen molar-refractivity contribution in [2.75, 3.05) is 11.9 Å². The average molecular weight is 407 g/mol. The predicted octanol–water partition coefficient (Wildman–Crippen LogP) is 3.65.